The molecule has 1 aromatic rings. The molecule has 1 aromatic carbocycles. The molecule has 0 bridgehead atoms. The Labute approximate surface area is 172 Å². The molecule has 0 spiro atoms. The lowest BCUT2D eigenvalue weighted by atomic mass is 10.2. The average molecular weight is 428 g/mol. The van der Waals surface area contributed by atoms with Gasteiger partial charge in [-0.05, 0) is 19.1 Å². The van der Waals surface area contributed by atoms with Crippen LogP contribution in [0.5, 0.6) is 5.75 Å². The average Bonchev–Trinajstić information content (AvgIpc) is 2.74. The molecule has 1 N–H and O–H groups in total. The van der Waals surface area contributed by atoms with Crippen molar-refractivity contribution in [2.45, 2.75) is 6.92 Å². The van der Waals surface area contributed by atoms with Gasteiger partial charge in [-0.15, -0.1) is 0 Å². The molecule has 0 saturated heterocycles. The van der Waals surface area contributed by atoms with Crippen molar-refractivity contribution < 1.29 is 37.1 Å². The molecule has 29 heavy (non-hydrogen) atoms. The highest BCUT2D eigenvalue weighted by Gasteiger charge is 2.38. The third-order valence-corrected chi connectivity index (χ3v) is 6.34. The van der Waals surface area contributed by atoms with E-state index in [1.807, 2.05) is 18.2 Å². The molecule has 162 valence electrons. The van der Waals surface area contributed by atoms with Gasteiger partial charge in [-0.1, -0.05) is 24.8 Å². The van der Waals surface area contributed by atoms with E-state index in [1.54, 1.807) is 19.1 Å². The zero-order chi connectivity index (χ0) is 21.7. The van der Waals surface area contributed by atoms with E-state index in [0.29, 0.717) is 5.75 Å². The predicted molar refractivity (Wildman–Crippen MR) is 107 cm³/mol. The van der Waals surface area contributed by atoms with Crippen molar-refractivity contribution in [3.8, 4) is 5.75 Å². The van der Waals surface area contributed by atoms with Gasteiger partial charge in [-0.3, -0.25) is 0 Å². The van der Waals surface area contributed by atoms with Gasteiger partial charge >= 0.3 is 20.9 Å². The molecule has 0 aliphatic carbocycles. The van der Waals surface area contributed by atoms with Crippen LogP contribution in [0.25, 0.3) is 0 Å². The fourth-order valence-electron chi connectivity index (χ4n) is 2.08. The molecule has 0 heterocycles. The maximum atomic E-state index is 12.0. The summed E-state index contributed by atoms with van der Waals surface area (Å²) in [7, 11) is 1.38. The number of nitrogens with one attached hydrogen (secondary N) is 1. The number of amides is 1. The van der Waals surface area contributed by atoms with Gasteiger partial charge in [-0.2, -0.15) is 0 Å². The van der Waals surface area contributed by atoms with Gasteiger partial charge in [0.05, 0.1) is 18.7 Å². The summed E-state index contributed by atoms with van der Waals surface area (Å²) < 4.78 is 31.8. The molecule has 0 aromatic heterocycles. The van der Waals surface area contributed by atoms with E-state index in [2.05, 4.69) is 11.9 Å². The monoisotopic (exact) mass is 427 g/mol. The SMILES string of the molecule is C=C(C)C(=O)OCC(COC(=O)NC[Si](OC)(OC)OC)COc1ccccc1. The molecule has 0 radical (unpaired) electrons. The van der Waals surface area contributed by atoms with E-state index in [4.69, 9.17) is 27.5 Å². The van der Waals surface area contributed by atoms with E-state index in [-0.39, 0.29) is 37.5 Å². The first-order valence-electron chi connectivity index (χ1n) is 8.92. The number of para-hydroxylation sites is 1. The van der Waals surface area contributed by atoms with Gasteiger partial charge in [0.2, 0.25) is 0 Å². The second-order valence-electron chi connectivity index (χ2n) is 6.12. The molecule has 0 saturated carbocycles. The van der Waals surface area contributed by atoms with Crippen LogP contribution in [-0.4, -0.2) is 68.2 Å². The number of carbonyl (C=O) groups excluding carboxylic acids is 2. The van der Waals surface area contributed by atoms with E-state index >= 15 is 0 Å². The molecule has 0 aliphatic rings. The molecule has 10 heteroatoms. The van der Waals surface area contributed by atoms with Crippen molar-refractivity contribution in [2.24, 2.45) is 5.92 Å². The Morgan fingerprint density at radius 2 is 1.59 bits per heavy atom. The van der Waals surface area contributed by atoms with Crippen LogP contribution in [-0.2, 0) is 27.5 Å². The van der Waals surface area contributed by atoms with Gasteiger partial charge in [0.25, 0.3) is 0 Å². The highest BCUT2D eigenvalue weighted by Crippen LogP contribution is 2.11. The van der Waals surface area contributed by atoms with E-state index in [0.717, 1.165) is 0 Å². The molecule has 1 rings (SSSR count). The summed E-state index contributed by atoms with van der Waals surface area (Å²) in [6.45, 7) is 5.27. The summed E-state index contributed by atoms with van der Waals surface area (Å²) in [5.74, 6) is -0.238. The number of hydrogen-bond acceptors (Lipinski definition) is 8. The van der Waals surface area contributed by atoms with Crippen LogP contribution in [0.1, 0.15) is 6.92 Å². The lowest BCUT2D eigenvalue weighted by molar-refractivity contribution is -0.141. The Balaban J connectivity index is 2.56. The Morgan fingerprint density at radius 1 is 1.00 bits per heavy atom. The lowest BCUT2D eigenvalue weighted by Gasteiger charge is -2.24. The third kappa shape index (κ3) is 9.09. The summed E-state index contributed by atoms with van der Waals surface area (Å²) in [5, 5.41) is 2.55. The van der Waals surface area contributed by atoms with Crippen molar-refractivity contribution in [1.82, 2.24) is 5.32 Å². The second-order valence-corrected chi connectivity index (χ2v) is 9.06. The van der Waals surface area contributed by atoms with Gasteiger partial charge in [0.1, 0.15) is 19.0 Å². The van der Waals surface area contributed by atoms with Crippen LogP contribution in [0.15, 0.2) is 42.5 Å². The number of hydrogen-bond donors (Lipinski definition) is 1. The molecular formula is C19H29NO8Si. The fraction of sp³-hybridized carbons (Fsp3) is 0.474. The van der Waals surface area contributed by atoms with Gasteiger partial charge < -0.3 is 32.8 Å². The zero-order valence-corrected chi connectivity index (χ0v) is 18.3. The Morgan fingerprint density at radius 3 is 2.14 bits per heavy atom. The number of rotatable bonds is 13. The molecule has 0 aliphatic heterocycles. The fourth-order valence-corrected chi connectivity index (χ4v) is 3.38. The smallest absolute Gasteiger partial charge is 0.493 e. The predicted octanol–water partition coefficient (Wildman–Crippen LogP) is 1.94. The first kappa shape index (κ1) is 24.6. The van der Waals surface area contributed by atoms with Crippen LogP contribution in [0.4, 0.5) is 4.79 Å². The molecular weight excluding hydrogens is 398 g/mol. The minimum absolute atomic E-state index is 0.0126. The number of carbonyl (C=O) groups is 2. The maximum absolute atomic E-state index is 12.0. The lowest BCUT2D eigenvalue weighted by Crippen LogP contribution is -2.53. The number of esters is 1. The molecule has 1 atom stereocenters. The molecule has 1 amide bonds. The molecule has 0 fully saturated rings. The standard InChI is InChI=1S/C19H29NO8Si/c1-15(2)18(21)27-12-16(11-26-17-9-7-6-8-10-17)13-28-19(22)20-14-29(23-3,24-4)25-5/h6-10,16H,1,11-14H2,2-5H3,(H,20,22). The van der Waals surface area contributed by atoms with E-state index < -0.39 is 20.9 Å². The van der Waals surface area contributed by atoms with E-state index in [1.165, 1.54) is 21.3 Å². The number of alkyl carbamates (subject to hydrolysis) is 1. The van der Waals surface area contributed by atoms with Gasteiger partial charge in [-0.25, -0.2) is 9.59 Å². The molecule has 9 nitrogen and oxygen atoms in total. The summed E-state index contributed by atoms with van der Waals surface area (Å²) in [6, 6.07) is 9.15. The van der Waals surface area contributed by atoms with Crippen molar-refractivity contribution in [1.29, 1.82) is 0 Å². The maximum Gasteiger partial charge on any atom is 0.520 e. The first-order chi connectivity index (χ1) is 13.9. The van der Waals surface area contributed by atoms with Crippen LogP contribution >= 0.6 is 0 Å². The quantitative estimate of drug-likeness (QED) is 0.290. The van der Waals surface area contributed by atoms with Gasteiger partial charge in [0, 0.05) is 26.9 Å². The summed E-state index contributed by atoms with van der Waals surface area (Å²) in [6.07, 6.45) is -0.630. The topological polar surface area (TPSA) is 102 Å². The summed E-state index contributed by atoms with van der Waals surface area (Å²) in [5.41, 5.74) is 0.284. The Bertz CT molecular complexity index is 643. The van der Waals surface area contributed by atoms with Crippen molar-refractivity contribution >= 4 is 20.9 Å². The van der Waals surface area contributed by atoms with Crippen LogP contribution < -0.4 is 10.1 Å². The highest BCUT2D eigenvalue weighted by atomic mass is 28.4. The van der Waals surface area contributed by atoms with Crippen LogP contribution in [0.3, 0.4) is 0 Å². The minimum atomic E-state index is -2.95. The summed E-state index contributed by atoms with van der Waals surface area (Å²) in [4.78, 5) is 23.7. The van der Waals surface area contributed by atoms with Gasteiger partial charge in [0.15, 0.2) is 0 Å². The summed E-state index contributed by atoms with van der Waals surface area (Å²) >= 11 is 0. The Kier molecular flexibility index (Phi) is 11.0. The number of benzene rings is 1. The minimum Gasteiger partial charge on any atom is -0.493 e. The van der Waals surface area contributed by atoms with Crippen LogP contribution in [0, 0.1) is 5.92 Å². The van der Waals surface area contributed by atoms with Crippen molar-refractivity contribution in [2.75, 3.05) is 47.3 Å². The number of ether oxygens (including phenoxy) is 3. The normalized spacial score (nSPS) is 12.0. The largest absolute Gasteiger partial charge is 0.520 e. The highest BCUT2D eigenvalue weighted by molar-refractivity contribution is 6.61. The zero-order valence-electron chi connectivity index (χ0n) is 17.3. The van der Waals surface area contributed by atoms with Crippen molar-refractivity contribution in [3.63, 3.8) is 0 Å². The van der Waals surface area contributed by atoms with Crippen LogP contribution in [0.2, 0.25) is 0 Å². The van der Waals surface area contributed by atoms with E-state index in [9.17, 15) is 9.59 Å². The third-order valence-electron chi connectivity index (χ3n) is 3.86. The van der Waals surface area contributed by atoms with Crippen molar-refractivity contribution in [3.05, 3.63) is 42.5 Å². The Hall–Kier alpha value is -2.40. The second kappa shape index (κ2) is 12.9. The molecule has 1 unspecified atom stereocenters. The first-order valence-corrected chi connectivity index (χ1v) is 10.9.